The Morgan fingerprint density at radius 1 is 1.15 bits per heavy atom. The molecule has 0 amide bonds. The summed E-state index contributed by atoms with van der Waals surface area (Å²) in [6.45, 7) is 1.85. The molecular formula is C13H9Cl2FN4. The lowest BCUT2D eigenvalue weighted by Gasteiger charge is -2.07. The van der Waals surface area contributed by atoms with Crippen LogP contribution in [0.3, 0.4) is 0 Å². The topological polar surface area (TPSA) is 43.1 Å². The predicted molar refractivity (Wildman–Crippen MR) is 75.4 cm³/mol. The van der Waals surface area contributed by atoms with E-state index in [1.165, 1.54) is 12.1 Å². The fourth-order valence-electron chi connectivity index (χ4n) is 1.90. The molecule has 0 aliphatic carbocycles. The van der Waals surface area contributed by atoms with Gasteiger partial charge in [0.15, 0.2) is 22.1 Å². The summed E-state index contributed by atoms with van der Waals surface area (Å²) >= 11 is 11.7. The van der Waals surface area contributed by atoms with Crippen molar-refractivity contribution in [3.63, 3.8) is 0 Å². The highest BCUT2D eigenvalue weighted by Gasteiger charge is 2.15. The summed E-state index contributed by atoms with van der Waals surface area (Å²) in [7, 11) is 0. The second-order valence-electron chi connectivity index (χ2n) is 4.27. The first-order valence-electron chi connectivity index (χ1n) is 5.83. The Bertz CT molecular complexity index is 768. The van der Waals surface area contributed by atoms with Crippen LogP contribution in [-0.2, 0) is 0 Å². The molecule has 0 saturated heterocycles. The number of halogens is 3. The van der Waals surface area contributed by atoms with Gasteiger partial charge in [0.05, 0.1) is 5.69 Å². The Morgan fingerprint density at radius 2 is 1.85 bits per heavy atom. The summed E-state index contributed by atoms with van der Waals surface area (Å²) in [6.07, 6.45) is 0. The summed E-state index contributed by atoms with van der Waals surface area (Å²) in [6, 6.07) is 7.76. The largest absolute Gasteiger partial charge is 0.211 e. The highest BCUT2D eigenvalue weighted by Crippen LogP contribution is 2.25. The number of hydrogen-bond acceptors (Lipinski definition) is 3. The molecule has 0 radical (unpaired) electrons. The molecule has 0 aliphatic rings. The van der Waals surface area contributed by atoms with Gasteiger partial charge in [0.2, 0.25) is 0 Å². The van der Waals surface area contributed by atoms with E-state index in [-0.39, 0.29) is 5.82 Å². The van der Waals surface area contributed by atoms with Crippen LogP contribution in [0, 0.1) is 12.7 Å². The molecule has 0 spiro atoms. The van der Waals surface area contributed by atoms with Crippen molar-refractivity contribution in [1.82, 2.24) is 19.6 Å². The normalized spacial score (nSPS) is 11.4. The van der Waals surface area contributed by atoms with Gasteiger partial charge in [-0.25, -0.2) is 14.4 Å². The third kappa shape index (κ3) is 2.34. The highest BCUT2D eigenvalue weighted by atomic mass is 35.5. The lowest BCUT2D eigenvalue weighted by atomic mass is 10.2. The number of hydrogen-bond donors (Lipinski definition) is 0. The molecule has 0 bridgehead atoms. The molecule has 0 unspecified atom stereocenters. The Labute approximate surface area is 124 Å². The number of rotatable bonds is 2. The Balaban J connectivity index is 2.29. The van der Waals surface area contributed by atoms with Gasteiger partial charge in [0.25, 0.3) is 0 Å². The zero-order valence-corrected chi connectivity index (χ0v) is 11.9. The number of fused-ring (bicyclic) bond motifs is 1. The third-order valence-corrected chi connectivity index (χ3v) is 3.15. The molecular weight excluding hydrogens is 302 g/mol. The average molecular weight is 311 g/mol. The van der Waals surface area contributed by atoms with Gasteiger partial charge in [0, 0.05) is 11.6 Å². The zero-order chi connectivity index (χ0) is 14.3. The summed E-state index contributed by atoms with van der Waals surface area (Å²) in [4.78, 5) is 7.73. The SMILES string of the molecule is Cc1cc2nc(C(Cl)Cl)nc(-c3ccc(F)cc3)n2n1. The molecule has 0 atom stereocenters. The average Bonchev–Trinajstić information content (AvgIpc) is 2.78. The van der Waals surface area contributed by atoms with E-state index in [2.05, 4.69) is 15.1 Å². The van der Waals surface area contributed by atoms with E-state index in [0.717, 1.165) is 5.69 Å². The van der Waals surface area contributed by atoms with Gasteiger partial charge in [-0.1, -0.05) is 23.2 Å². The van der Waals surface area contributed by atoms with Crippen molar-refractivity contribution in [2.75, 3.05) is 0 Å². The molecule has 0 N–H and O–H groups in total. The van der Waals surface area contributed by atoms with Crippen LogP contribution in [0.4, 0.5) is 4.39 Å². The van der Waals surface area contributed by atoms with E-state index < -0.39 is 4.84 Å². The standard InChI is InChI=1S/C13H9Cl2FN4/c1-7-6-10-17-12(11(14)15)18-13(20(10)19-7)8-2-4-9(16)5-3-8/h2-6,11H,1H3. The first-order chi connectivity index (χ1) is 9.54. The molecule has 7 heteroatoms. The number of alkyl halides is 2. The molecule has 1 aromatic carbocycles. The van der Waals surface area contributed by atoms with E-state index >= 15 is 0 Å². The van der Waals surface area contributed by atoms with Crippen molar-refractivity contribution in [2.24, 2.45) is 0 Å². The van der Waals surface area contributed by atoms with E-state index in [0.29, 0.717) is 22.9 Å². The second kappa shape index (κ2) is 5.00. The smallest absolute Gasteiger partial charge is 0.167 e. The van der Waals surface area contributed by atoms with Crippen LogP contribution in [0.25, 0.3) is 17.0 Å². The summed E-state index contributed by atoms with van der Waals surface area (Å²) in [5, 5.41) is 4.32. The van der Waals surface area contributed by atoms with Gasteiger partial charge >= 0.3 is 0 Å². The Hall–Kier alpha value is -1.72. The molecule has 0 saturated carbocycles. The van der Waals surface area contributed by atoms with Crippen molar-refractivity contribution in [3.8, 4) is 11.4 Å². The van der Waals surface area contributed by atoms with E-state index in [1.807, 2.05) is 6.92 Å². The first kappa shape index (κ1) is 13.3. The van der Waals surface area contributed by atoms with Gasteiger partial charge in [-0.05, 0) is 31.2 Å². The van der Waals surface area contributed by atoms with Crippen molar-refractivity contribution in [3.05, 3.63) is 47.7 Å². The third-order valence-electron chi connectivity index (χ3n) is 2.76. The van der Waals surface area contributed by atoms with Crippen LogP contribution in [0.15, 0.2) is 30.3 Å². The molecule has 102 valence electrons. The van der Waals surface area contributed by atoms with Crippen LogP contribution in [-0.4, -0.2) is 19.6 Å². The van der Waals surface area contributed by atoms with E-state index in [9.17, 15) is 4.39 Å². The van der Waals surface area contributed by atoms with Crippen LogP contribution < -0.4 is 0 Å². The molecule has 3 aromatic rings. The number of benzene rings is 1. The minimum absolute atomic E-state index is 0.292. The van der Waals surface area contributed by atoms with E-state index in [4.69, 9.17) is 23.2 Å². The van der Waals surface area contributed by atoms with Gasteiger partial charge in [-0.15, -0.1) is 0 Å². The van der Waals surface area contributed by atoms with Crippen LogP contribution in [0.2, 0.25) is 0 Å². The van der Waals surface area contributed by atoms with Gasteiger partial charge in [0.1, 0.15) is 5.82 Å². The van der Waals surface area contributed by atoms with Crippen molar-refractivity contribution >= 4 is 28.8 Å². The van der Waals surface area contributed by atoms with Crippen molar-refractivity contribution in [1.29, 1.82) is 0 Å². The maximum atomic E-state index is 13.0. The molecule has 4 nitrogen and oxygen atoms in total. The van der Waals surface area contributed by atoms with Crippen LogP contribution in [0.1, 0.15) is 16.4 Å². The van der Waals surface area contributed by atoms with Gasteiger partial charge < -0.3 is 0 Å². The number of nitrogens with zero attached hydrogens (tertiary/aromatic N) is 4. The fraction of sp³-hybridized carbons (Fsp3) is 0.154. The van der Waals surface area contributed by atoms with Crippen molar-refractivity contribution < 1.29 is 4.39 Å². The lowest BCUT2D eigenvalue weighted by molar-refractivity contribution is 0.628. The maximum Gasteiger partial charge on any atom is 0.167 e. The van der Waals surface area contributed by atoms with Crippen molar-refractivity contribution in [2.45, 2.75) is 11.8 Å². The highest BCUT2D eigenvalue weighted by molar-refractivity contribution is 6.43. The number of aryl methyl sites for hydroxylation is 1. The summed E-state index contributed by atoms with van der Waals surface area (Å²) in [5.74, 6) is 0.493. The van der Waals surface area contributed by atoms with Crippen LogP contribution in [0.5, 0.6) is 0 Å². The first-order valence-corrected chi connectivity index (χ1v) is 6.70. The lowest BCUT2D eigenvalue weighted by Crippen LogP contribution is -2.04. The molecule has 0 fully saturated rings. The van der Waals surface area contributed by atoms with Gasteiger partial charge in [-0.2, -0.15) is 9.61 Å². The minimum atomic E-state index is -0.839. The maximum absolute atomic E-state index is 13.0. The summed E-state index contributed by atoms with van der Waals surface area (Å²) < 4.78 is 14.6. The quantitative estimate of drug-likeness (QED) is 0.678. The minimum Gasteiger partial charge on any atom is -0.211 e. The van der Waals surface area contributed by atoms with Gasteiger partial charge in [-0.3, -0.25) is 0 Å². The van der Waals surface area contributed by atoms with E-state index in [1.54, 1.807) is 22.7 Å². The fourth-order valence-corrected chi connectivity index (χ4v) is 2.10. The second-order valence-corrected chi connectivity index (χ2v) is 5.36. The Morgan fingerprint density at radius 3 is 2.50 bits per heavy atom. The van der Waals surface area contributed by atoms with Crippen LogP contribution >= 0.6 is 23.2 Å². The molecule has 20 heavy (non-hydrogen) atoms. The monoisotopic (exact) mass is 310 g/mol. The predicted octanol–water partition coefficient (Wildman–Crippen LogP) is 3.72. The Kier molecular flexibility index (Phi) is 3.31. The number of aromatic nitrogens is 4. The molecule has 0 aliphatic heterocycles. The molecule has 2 aromatic heterocycles. The zero-order valence-electron chi connectivity index (χ0n) is 10.4. The molecule has 2 heterocycles. The molecule has 3 rings (SSSR count). The summed E-state index contributed by atoms with van der Waals surface area (Å²) in [5.41, 5.74) is 2.09.